The maximum atomic E-state index is 13.7. The number of halogens is 4. The number of nitrogens with zero attached hydrogens (tertiary/aromatic N) is 1. The molecule has 0 radical (unpaired) electrons. The first-order valence-corrected chi connectivity index (χ1v) is 11.9. The molecule has 0 aliphatic carbocycles. The van der Waals surface area contributed by atoms with Gasteiger partial charge in [-0.05, 0) is 24.1 Å². The number of nitrogens with one attached hydrogen (secondary N) is 2. The van der Waals surface area contributed by atoms with E-state index in [1.54, 1.807) is 0 Å². The molecule has 204 valence electrons. The van der Waals surface area contributed by atoms with Gasteiger partial charge >= 0.3 is 5.97 Å². The predicted molar refractivity (Wildman–Crippen MR) is 129 cm³/mol. The fraction of sp³-hybridized carbons (Fsp3) is 0.391. The molecule has 14 heteroatoms. The number of carbonyl (C=O) groups excluding carboxylic acids is 2. The Kier molecular flexibility index (Phi) is 12.7. The number of rotatable bonds is 12. The van der Waals surface area contributed by atoms with E-state index in [9.17, 15) is 36.7 Å². The van der Waals surface area contributed by atoms with Crippen molar-refractivity contribution < 1.29 is 41.8 Å². The summed E-state index contributed by atoms with van der Waals surface area (Å²) >= 11 is 1.27. The Morgan fingerprint density at radius 3 is 2.24 bits per heavy atom. The van der Waals surface area contributed by atoms with Gasteiger partial charge in [0.25, 0.3) is 5.56 Å². The number of aromatic nitrogens is 1. The van der Waals surface area contributed by atoms with Crippen molar-refractivity contribution in [1.82, 2.24) is 9.88 Å². The van der Waals surface area contributed by atoms with Crippen LogP contribution in [0.4, 0.5) is 23.2 Å². The smallest absolute Gasteiger partial charge is 0.305 e. The zero-order valence-electron chi connectivity index (χ0n) is 20.4. The van der Waals surface area contributed by atoms with Gasteiger partial charge in [0.15, 0.2) is 23.2 Å². The molecule has 1 amide bonds. The quantitative estimate of drug-likeness (QED) is 0.209. The monoisotopic (exact) mass is 549 g/mol. The van der Waals surface area contributed by atoms with Crippen LogP contribution in [0.2, 0.25) is 0 Å². The van der Waals surface area contributed by atoms with E-state index in [1.165, 1.54) is 30.3 Å². The van der Waals surface area contributed by atoms with Crippen molar-refractivity contribution in [2.45, 2.75) is 52.0 Å². The Morgan fingerprint density at radius 1 is 1.11 bits per heavy atom. The predicted octanol–water partition coefficient (Wildman–Crippen LogP) is 3.51. The highest BCUT2D eigenvalue weighted by Crippen LogP contribution is 2.26. The number of benzene rings is 1. The number of carboxylic acid groups (broad SMARTS) is 1. The van der Waals surface area contributed by atoms with Crippen molar-refractivity contribution in [3.05, 3.63) is 58.0 Å². The van der Waals surface area contributed by atoms with Gasteiger partial charge in [-0.2, -0.15) is 8.78 Å². The van der Waals surface area contributed by atoms with Crippen LogP contribution in [0.15, 0.2) is 29.2 Å². The molecule has 0 spiro atoms. The molecule has 3 N–H and O–H groups in total. The van der Waals surface area contributed by atoms with Gasteiger partial charge < -0.3 is 24.4 Å². The SMILES string of the molecule is CC.CC(C)SNc1cccn(CC(=O)NC(CC(=O)O)C(=O)COc2c(F)c(F)cc(F)c2F)c1=O. The van der Waals surface area contributed by atoms with Gasteiger partial charge in [-0.1, -0.05) is 27.7 Å². The van der Waals surface area contributed by atoms with E-state index >= 15 is 0 Å². The first-order chi connectivity index (χ1) is 17.4. The lowest BCUT2D eigenvalue weighted by atomic mass is 10.1. The van der Waals surface area contributed by atoms with Crippen LogP contribution in [0.25, 0.3) is 0 Å². The van der Waals surface area contributed by atoms with E-state index in [-0.39, 0.29) is 17.0 Å². The van der Waals surface area contributed by atoms with Crippen molar-refractivity contribution in [3.63, 3.8) is 0 Å². The number of hydrogen-bond acceptors (Lipinski definition) is 7. The number of pyridine rings is 1. The molecule has 2 aromatic rings. The summed E-state index contributed by atoms with van der Waals surface area (Å²) in [5.74, 6) is -12.4. The lowest BCUT2D eigenvalue weighted by Gasteiger charge is -2.17. The maximum Gasteiger partial charge on any atom is 0.305 e. The third-order valence-electron chi connectivity index (χ3n) is 4.27. The highest BCUT2D eigenvalue weighted by Gasteiger charge is 2.27. The Morgan fingerprint density at radius 2 is 1.70 bits per heavy atom. The maximum absolute atomic E-state index is 13.7. The fourth-order valence-corrected chi connectivity index (χ4v) is 3.17. The molecule has 0 bridgehead atoms. The molecule has 1 aromatic carbocycles. The fourth-order valence-electron chi connectivity index (χ4n) is 2.66. The molecule has 1 aromatic heterocycles. The molecule has 0 aliphatic rings. The molecule has 9 nitrogen and oxygen atoms in total. The van der Waals surface area contributed by atoms with Gasteiger partial charge in [0.2, 0.25) is 17.5 Å². The number of ether oxygens (including phenoxy) is 1. The summed E-state index contributed by atoms with van der Waals surface area (Å²) in [6.45, 7) is 6.00. The molecule has 1 heterocycles. The molecule has 0 saturated heterocycles. The van der Waals surface area contributed by atoms with E-state index in [4.69, 9.17) is 5.11 Å². The van der Waals surface area contributed by atoms with Crippen LogP contribution in [0, 0.1) is 23.3 Å². The summed E-state index contributed by atoms with van der Waals surface area (Å²) in [5.41, 5.74) is -0.365. The lowest BCUT2D eigenvalue weighted by Crippen LogP contribution is -2.46. The number of Topliss-reactive ketones (excluding diaryl/α,β-unsaturated/α-hetero) is 1. The zero-order valence-corrected chi connectivity index (χ0v) is 21.3. The van der Waals surface area contributed by atoms with E-state index in [2.05, 4.69) is 14.8 Å². The van der Waals surface area contributed by atoms with Crippen molar-refractivity contribution in [3.8, 4) is 5.75 Å². The van der Waals surface area contributed by atoms with Gasteiger partial charge in [0.1, 0.15) is 24.9 Å². The van der Waals surface area contributed by atoms with Crippen LogP contribution in [-0.2, 0) is 20.9 Å². The normalized spacial score (nSPS) is 11.3. The zero-order chi connectivity index (χ0) is 28.3. The van der Waals surface area contributed by atoms with Crippen molar-refractivity contribution in [2.75, 3.05) is 11.3 Å². The lowest BCUT2D eigenvalue weighted by molar-refractivity contribution is -0.140. The number of aliphatic carboxylic acids is 1. The molecule has 37 heavy (non-hydrogen) atoms. The standard InChI is InChI=1S/C21H21F4N3O6S.C2H6/c1-10(2)35-27-13-4-3-5-28(21(13)33)8-16(30)26-14(7-17(31)32)15(29)9-34-20-18(24)11(22)6-12(23)19(20)25;1-2/h3-6,10,14,27H,7-9H2,1-2H3,(H,26,30)(H,31,32);1-2H3. The molecule has 1 unspecified atom stereocenters. The summed E-state index contributed by atoms with van der Waals surface area (Å²) in [6, 6.07) is 1.21. The Hall–Kier alpha value is -3.55. The second kappa shape index (κ2) is 14.9. The highest BCUT2D eigenvalue weighted by molar-refractivity contribution is 8.01. The first kappa shape index (κ1) is 31.5. The minimum Gasteiger partial charge on any atom is -0.481 e. The second-order valence-corrected chi connectivity index (χ2v) is 8.78. The van der Waals surface area contributed by atoms with Gasteiger partial charge in [-0.15, -0.1) is 0 Å². The van der Waals surface area contributed by atoms with E-state index in [0.717, 1.165) is 4.57 Å². The average Bonchev–Trinajstić information content (AvgIpc) is 2.83. The largest absolute Gasteiger partial charge is 0.481 e. The Bertz CT molecular complexity index is 1150. The van der Waals surface area contributed by atoms with Gasteiger partial charge in [0.05, 0.1) is 6.42 Å². The number of carboxylic acids is 1. The van der Waals surface area contributed by atoms with Crippen LogP contribution in [0.3, 0.4) is 0 Å². The topological polar surface area (TPSA) is 127 Å². The van der Waals surface area contributed by atoms with Gasteiger partial charge in [-0.3, -0.25) is 19.2 Å². The minimum atomic E-state index is -1.89. The summed E-state index contributed by atoms with van der Waals surface area (Å²) in [6.07, 6.45) is 0.367. The Labute approximate surface area is 214 Å². The molecular formula is C23H27F4N3O6S. The van der Waals surface area contributed by atoms with Crippen molar-refractivity contribution in [2.24, 2.45) is 0 Å². The van der Waals surface area contributed by atoms with Gasteiger partial charge in [-0.25, -0.2) is 8.78 Å². The van der Waals surface area contributed by atoms with Crippen LogP contribution in [-0.4, -0.2) is 45.2 Å². The number of ketones is 1. The molecule has 1 atom stereocenters. The van der Waals surface area contributed by atoms with Crippen molar-refractivity contribution >= 4 is 35.3 Å². The second-order valence-electron chi connectivity index (χ2n) is 7.39. The van der Waals surface area contributed by atoms with E-state index in [1.807, 2.05) is 27.7 Å². The van der Waals surface area contributed by atoms with E-state index < -0.39 is 77.9 Å². The summed E-state index contributed by atoms with van der Waals surface area (Å²) in [7, 11) is 0. The molecule has 2 rings (SSSR count). The summed E-state index contributed by atoms with van der Waals surface area (Å²) in [5, 5.41) is 11.3. The number of hydrogen-bond donors (Lipinski definition) is 3. The number of amides is 1. The minimum absolute atomic E-state index is 0.0548. The molecule has 0 aliphatic heterocycles. The van der Waals surface area contributed by atoms with Crippen LogP contribution >= 0.6 is 11.9 Å². The molecule has 0 fully saturated rings. The summed E-state index contributed by atoms with van der Waals surface area (Å²) in [4.78, 5) is 48.4. The van der Waals surface area contributed by atoms with Crippen LogP contribution in [0.5, 0.6) is 5.75 Å². The van der Waals surface area contributed by atoms with Crippen molar-refractivity contribution in [1.29, 1.82) is 0 Å². The molecule has 0 saturated carbocycles. The number of anilines is 1. The van der Waals surface area contributed by atoms with Crippen LogP contribution in [0.1, 0.15) is 34.1 Å². The highest BCUT2D eigenvalue weighted by atomic mass is 32.2. The Balaban J connectivity index is 0.00000334. The summed E-state index contributed by atoms with van der Waals surface area (Å²) < 4.78 is 62.4. The third-order valence-corrected chi connectivity index (χ3v) is 5.08. The van der Waals surface area contributed by atoms with E-state index in [0.29, 0.717) is 0 Å². The van der Waals surface area contributed by atoms with Crippen LogP contribution < -0.4 is 20.3 Å². The first-order valence-electron chi connectivity index (χ1n) is 11.0. The van der Waals surface area contributed by atoms with Gasteiger partial charge in [0, 0.05) is 17.5 Å². The number of carbonyl (C=O) groups is 3. The third kappa shape index (κ3) is 9.44. The average molecular weight is 550 g/mol. The molecular weight excluding hydrogens is 522 g/mol.